The highest BCUT2D eigenvalue weighted by Gasteiger charge is 2.23. The number of anilines is 1. The Labute approximate surface area is 159 Å². The molecule has 138 valence electrons. The maximum atomic E-state index is 12.6. The average molecular weight is 361 g/mol. The smallest absolute Gasteiger partial charge is 0.246 e. The number of benzene rings is 2. The van der Waals surface area contributed by atoms with Crippen LogP contribution in [0.25, 0.3) is 11.3 Å². The second-order valence-electron chi connectivity index (χ2n) is 7.29. The topological polar surface area (TPSA) is 56.2 Å². The van der Waals surface area contributed by atoms with Crippen LogP contribution in [0.15, 0.2) is 48.7 Å². The van der Waals surface area contributed by atoms with Crippen LogP contribution in [-0.2, 0) is 17.9 Å². The van der Waals surface area contributed by atoms with Crippen LogP contribution in [0.5, 0.6) is 5.75 Å². The molecule has 1 aromatic heterocycles. The molecule has 27 heavy (non-hydrogen) atoms. The first kappa shape index (κ1) is 17.3. The SMILES string of the molecule is Cc1ccc2c(c1)-c1c(cnn1CC(=O)Nc1ccc(C(C)C)cc1)CO2. The monoisotopic (exact) mass is 361 g/mol. The van der Waals surface area contributed by atoms with Gasteiger partial charge in [0.15, 0.2) is 0 Å². The van der Waals surface area contributed by atoms with Crippen LogP contribution >= 0.6 is 0 Å². The van der Waals surface area contributed by atoms with Gasteiger partial charge in [-0.3, -0.25) is 9.48 Å². The number of fused-ring (bicyclic) bond motifs is 3. The van der Waals surface area contributed by atoms with Crippen molar-refractivity contribution in [3.05, 3.63) is 65.4 Å². The highest BCUT2D eigenvalue weighted by atomic mass is 16.5. The van der Waals surface area contributed by atoms with Crippen LogP contribution in [-0.4, -0.2) is 15.7 Å². The van der Waals surface area contributed by atoms with E-state index in [2.05, 4.69) is 30.3 Å². The Morgan fingerprint density at radius 2 is 2.00 bits per heavy atom. The summed E-state index contributed by atoms with van der Waals surface area (Å²) >= 11 is 0. The van der Waals surface area contributed by atoms with Crippen molar-refractivity contribution in [1.82, 2.24) is 9.78 Å². The second kappa shape index (κ2) is 6.91. The molecule has 1 N–H and O–H groups in total. The summed E-state index contributed by atoms with van der Waals surface area (Å²) in [6, 6.07) is 14.1. The maximum Gasteiger partial charge on any atom is 0.246 e. The molecular weight excluding hydrogens is 338 g/mol. The van der Waals surface area contributed by atoms with Gasteiger partial charge in [0.25, 0.3) is 0 Å². The molecule has 0 atom stereocenters. The van der Waals surface area contributed by atoms with Gasteiger partial charge in [0.2, 0.25) is 5.91 Å². The van der Waals surface area contributed by atoms with Crippen molar-refractivity contribution in [2.75, 3.05) is 5.32 Å². The highest BCUT2D eigenvalue weighted by Crippen LogP contribution is 2.37. The summed E-state index contributed by atoms with van der Waals surface area (Å²) in [7, 11) is 0. The van der Waals surface area contributed by atoms with E-state index < -0.39 is 0 Å². The third-order valence-electron chi connectivity index (χ3n) is 4.84. The lowest BCUT2D eigenvalue weighted by Gasteiger charge is -2.19. The van der Waals surface area contributed by atoms with Crippen LogP contribution in [0.4, 0.5) is 5.69 Å². The average Bonchev–Trinajstić information content (AvgIpc) is 3.05. The molecule has 5 nitrogen and oxygen atoms in total. The molecule has 3 aromatic rings. The maximum absolute atomic E-state index is 12.6. The Morgan fingerprint density at radius 1 is 1.22 bits per heavy atom. The molecule has 2 heterocycles. The number of aryl methyl sites for hydroxylation is 1. The number of nitrogens with zero attached hydrogens (tertiary/aromatic N) is 2. The number of hydrogen-bond acceptors (Lipinski definition) is 3. The third kappa shape index (κ3) is 3.45. The van der Waals surface area contributed by atoms with Gasteiger partial charge in [-0.25, -0.2) is 0 Å². The minimum absolute atomic E-state index is 0.0982. The van der Waals surface area contributed by atoms with Crippen LogP contribution in [0.1, 0.15) is 36.5 Å². The van der Waals surface area contributed by atoms with Crippen molar-refractivity contribution in [3.8, 4) is 17.0 Å². The number of ether oxygens (including phenoxy) is 1. The zero-order valence-electron chi connectivity index (χ0n) is 15.8. The summed E-state index contributed by atoms with van der Waals surface area (Å²) in [5.74, 6) is 1.20. The van der Waals surface area contributed by atoms with E-state index in [0.717, 1.165) is 33.8 Å². The standard InChI is InChI=1S/C22H23N3O2/c1-14(2)16-5-7-18(8-6-16)24-21(26)12-25-22-17(11-23-25)13-27-20-9-4-15(3)10-19(20)22/h4-11,14H,12-13H2,1-3H3,(H,24,26). The molecule has 0 unspecified atom stereocenters. The lowest BCUT2D eigenvalue weighted by molar-refractivity contribution is -0.116. The molecule has 1 amide bonds. The largest absolute Gasteiger partial charge is 0.488 e. The Hall–Kier alpha value is -3.08. The van der Waals surface area contributed by atoms with E-state index in [0.29, 0.717) is 12.5 Å². The van der Waals surface area contributed by atoms with Gasteiger partial charge in [0.1, 0.15) is 18.9 Å². The normalized spacial score (nSPS) is 12.3. The summed E-state index contributed by atoms with van der Waals surface area (Å²) in [6.07, 6.45) is 1.78. The molecule has 0 radical (unpaired) electrons. The molecule has 0 saturated heterocycles. The van der Waals surface area contributed by atoms with Gasteiger partial charge in [-0.1, -0.05) is 37.6 Å². The number of carbonyl (C=O) groups is 1. The molecule has 0 spiro atoms. The zero-order valence-corrected chi connectivity index (χ0v) is 15.8. The first-order valence-corrected chi connectivity index (χ1v) is 9.19. The highest BCUT2D eigenvalue weighted by molar-refractivity contribution is 5.91. The summed E-state index contributed by atoms with van der Waals surface area (Å²) in [4.78, 5) is 12.6. The fraction of sp³-hybridized carbons (Fsp3) is 0.273. The van der Waals surface area contributed by atoms with E-state index in [1.165, 1.54) is 5.56 Å². The lowest BCUT2D eigenvalue weighted by atomic mass is 10.0. The van der Waals surface area contributed by atoms with E-state index >= 15 is 0 Å². The first-order chi connectivity index (χ1) is 13.0. The Bertz CT molecular complexity index is 987. The fourth-order valence-electron chi connectivity index (χ4n) is 3.36. The molecule has 0 saturated carbocycles. The number of rotatable bonds is 4. The number of hydrogen-bond donors (Lipinski definition) is 1. The van der Waals surface area contributed by atoms with Crippen molar-refractivity contribution in [2.24, 2.45) is 0 Å². The number of nitrogens with one attached hydrogen (secondary N) is 1. The minimum atomic E-state index is -0.0982. The third-order valence-corrected chi connectivity index (χ3v) is 4.84. The summed E-state index contributed by atoms with van der Waals surface area (Å²) in [5, 5.41) is 7.38. The van der Waals surface area contributed by atoms with E-state index in [4.69, 9.17) is 4.74 Å². The Morgan fingerprint density at radius 3 is 2.74 bits per heavy atom. The number of aromatic nitrogens is 2. The summed E-state index contributed by atoms with van der Waals surface area (Å²) in [6.45, 7) is 6.98. The zero-order chi connectivity index (χ0) is 19.0. The molecule has 5 heteroatoms. The van der Waals surface area contributed by atoms with Crippen LogP contribution in [0, 0.1) is 6.92 Å². The molecule has 2 aromatic carbocycles. The molecule has 0 aliphatic carbocycles. The second-order valence-corrected chi connectivity index (χ2v) is 7.29. The Balaban J connectivity index is 1.54. The van der Waals surface area contributed by atoms with Crippen LogP contribution in [0.2, 0.25) is 0 Å². The van der Waals surface area contributed by atoms with Gasteiger partial charge in [-0.15, -0.1) is 0 Å². The summed E-state index contributed by atoms with van der Waals surface area (Å²) in [5.41, 5.74) is 6.15. The van der Waals surface area contributed by atoms with E-state index in [9.17, 15) is 4.79 Å². The molecule has 1 aliphatic rings. The lowest BCUT2D eigenvalue weighted by Crippen LogP contribution is -2.21. The summed E-state index contributed by atoms with van der Waals surface area (Å²) < 4.78 is 7.55. The quantitative estimate of drug-likeness (QED) is 0.744. The predicted molar refractivity (Wildman–Crippen MR) is 106 cm³/mol. The van der Waals surface area contributed by atoms with Crippen molar-refractivity contribution in [3.63, 3.8) is 0 Å². The molecular formula is C22H23N3O2. The van der Waals surface area contributed by atoms with Crippen LogP contribution < -0.4 is 10.1 Å². The van der Waals surface area contributed by atoms with Gasteiger partial charge < -0.3 is 10.1 Å². The molecule has 0 bridgehead atoms. The first-order valence-electron chi connectivity index (χ1n) is 9.19. The Kier molecular flexibility index (Phi) is 4.44. The van der Waals surface area contributed by atoms with Crippen molar-refractivity contribution >= 4 is 11.6 Å². The minimum Gasteiger partial charge on any atom is -0.488 e. The fourth-order valence-corrected chi connectivity index (χ4v) is 3.36. The van der Waals surface area contributed by atoms with Gasteiger partial charge >= 0.3 is 0 Å². The molecule has 4 rings (SSSR count). The van der Waals surface area contributed by atoms with E-state index in [1.54, 1.807) is 10.9 Å². The van der Waals surface area contributed by atoms with E-state index in [-0.39, 0.29) is 12.5 Å². The van der Waals surface area contributed by atoms with Gasteiger partial charge in [0, 0.05) is 16.8 Å². The predicted octanol–water partition coefficient (Wildman–Crippen LogP) is 4.51. The van der Waals surface area contributed by atoms with Crippen LogP contribution in [0.3, 0.4) is 0 Å². The van der Waals surface area contributed by atoms with Crippen molar-refractivity contribution in [1.29, 1.82) is 0 Å². The van der Waals surface area contributed by atoms with Gasteiger partial charge in [-0.05, 0) is 42.7 Å². The van der Waals surface area contributed by atoms with Crippen molar-refractivity contribution in [2.45, 2.75) is 39.8 Å². The molecule has 0 fully saturated rings. The number of amides is 1. The van der Waals surface area contributed by atoms with Gasteiger partial charge in [0.05, 0.1) is 11.9 Å². The molecule has 1 aliphatic heterocycles. The van der Waals surface area contributed by atoms with Crippen molar-refractivity contribution < 1.29 is 9.53 Å². The van der Waals surface area contributed by atoms with E-state index in [1.807, 2.05) is 43.3 Å². The number of carbonyl (C=O) groups excluding carboxylic acids is 1. The van der Waals surface area contributed by atoms with Gasteiger partial charge in [-0.2, -0.15) is 5.10 Å².